The van der Waals surface area contributed by atoms with Gasteiger partial charge >= 0.3 is 0 Å². The third-order valence-electron chi connectivity index (χ3n) is 4.38. The maximum absolute atomic E-state index is 12.5. The van der Waals surface area contributed by atoms with Crippen LogP contribution < -0.4 is 0 Å². The van der Waals surface area contributed by atoms with E-state index in [2.05, 4.69) is 6.92 Å². The summed E-state index contributed by atoms with van der Waals surface area (Å²) in [6.45, 7) is 10.6. The zero-order valence-electron chi connectivity index (χ0n) is 12.6. The zero-order chi connectivity index (χ0) is 14.2. The number of piperidine rings is 1. The van der Waals surface area contributed by atoms with Gasteiger partial charge in [-0.05, 0) is 39.5 Å². The van der Waals surface area contributed by atoms with Gasteiger partial charge < -0.3 is 9.80 Å². The summed E-state index contributed by atoms with van der Waals surface area (Å²) >= 11 is 0. The van der Waals surface area contributed by atoms with Crippen LogP contribution in [0.4, 0.5) is 0 Å². The van der Waals surface area contributed by atoms with Gasteiger partial charge in [-0.2, -0.15) is 0 Å². The standard InChI is InChI=1S/C15H26N2O2/c1-11-5-7-16(8-6-11)14(19)12-9-13(18)17(10-12)15(2,3)4/h11-12H,5-10H2,1-4H3/t12-/m1/s1. The first kappa shape index (κ1) is 14.4. The molecular weight excluding hydrogens is 240 g/mol. The Balaban J connectivity index is 1.96. The van der Waals surface area contributed by atoms with Crippen LogP contribution in [0.25, 0.3) is 0 Å². The van der Waals surface area contributed by atoms with Crippen molar-refractivity contribution in [2.75, 3.05) is 19.6 Å². The quantitative estimate of drug-likeness (QED) is 0.727. The summed E-state index contributed by atoms with van der Waals surface area (Å²) in [6.07, 6.45) is 2.58. The molecule has 0 aliphatic carbocycles. The summed E-state index contributed by atoms with van der Waals surface area (Å²) in [7, 11) is 0. The Bertz CT molecular complexity index is 365. The van der Waals surface area contributed by atoms with Crippen LogP contribution in [0.3, 0.4) is 0 Å². The molecule has 2 amide bonds. The second-order valence-corrected chi connectivity index (χ2v) is 7.08. The average molecular weight is 266 g/mol. The summed E-state index contributed by atoms with van der Waals surface area (Å²) < 4.78 is 0. The molecule has 0 spiro atoms. The van der Waals surface area contributed by atoms with Crippen LogP contribution in [0.1, 0.15) is 47.0 Å². The molecule has 0 bridgehead atoms. The van der Waals surface area contributed by atoms with E-state index in [1.54, 1.807) is 0 Å². The van der Waals surface area contributed by atoms with Crippen molar-refractivity contribution in [3.63, 3.8) is 0 Å². The first-order valence-corrected chi connectivity index (χ1v) is 7.38. The predicted octanol–water partition coefficient (Wildman–Crippen LogP) is 1.89. The first-order valence-electron chi connectivity index (χ1n) is 7.38. The summed E-state index contributed by atoms with van der Waals surface area (Å²) in [5.74, 6) is 0.906. The number of hydrogen-bond acceptors (Lipinski definition) is 2. The molecule has 2 heterocycles. The number of amides is 2. The van der Waals surface area contributed by atoms with Crippen molar-refractivity contribution in [1.82, 2.24) is 9.80 Å². The smallest absolute Gasteiger partial charge is 0.227 e. The van der Waals surface area contributed by atoms with E-state index in [0.717, 1.165) is 31.8 Å². The Kier molecular flexibility index (Phi) is 3.88. The molecule has 2 aliphatic heterocycles. The van der Waals surface area contributed by atoms with E-state index in [-0.39, 0.29) is 23.3 Å². The molecule has 2 aliphatic rings. The van der Waals surface area contributed by atoms with Gasteiger partial charge in [-0.1, -0.05) is 6.92 Å². The topological polar surface area (TPSA) is 40.6 Å². The second kappa shape index (κ2) is 5.14. The van der Waals surface area contributed by atoms with E-state index in [1.807, 2.05) is 30.6 Å². The van der Waals surface area contributed by atoms with Gasteiger partial charge in [-0.3, -0.25) is 9.59 Å². The van der Waals surface area contributed by atoms with E-state index in [9.17, 15) is 9.59 Å². The third-order valence-corrected chi connectivity index (χ3v) is 4.38. The van der Waals surface area contributed by atoms with Gasteiger partial charge in [-0.25, -0.2) is 0 Å². The summed E-state index contributed by atoms with van der Waals surface area (Å²) in [5, 5.41) is 0. The molecule has 0 unspecified atom stereocenters. The lowest BCUT2D eigenvalue weighted by Gasteiger charge is -2.34. The minimum absolute atomic E-state index is 0.122. The van der Waals surface area contributed by atoms with Gasteiger partial charge in [0.05, 0.1) is 5.92 Å². The van der Waals surface area contributed by atoms with Crippen LogP contribution in [0.2, 0.25) is 0 Å². The Hall–Kier alpha value is -1.06. The molecule has 2 saturated heterocycles. The van der Waals surface area contributed by atoms with Crippen molar-refractivity contribution in [2.24, 2.45) is 11.8 Å². The average Bonchev–Trinajstić information content (AvgIpc) is 2.71. The number of nitrogens with zero attached hydrogens (tertiary/aromatic N) is 2. The Morgan fingerprint density at radius 2 is 1.79 bits per heavy atom. The second-order valence-electron chi connectivity index (χ2n) is 7.08. The van der Waals surface area contributed by atoms with Gasteiger partial charge in [0.2, 0.25) is 11.8 Å². The lowest BCUT2D eigenvalue weighted by atomic mass is 9.97. The van der Waals surface area contributed by atoms with Gasteiger partial charge in [0.25, 0.3) is 0 Å². The van der Waals surface area contributed by atoms with Crippen LogP contribution in [0, 0.1) is 11.8 Å². The molecule has 19 heavy (non-hydrogen) atoms. The Labute approximate surface area is 116 Å². The number of carbonyl (C=O) groups is 2. The molecule has 0 N–H and O–H groups in total. The number of carbonyl (C=O) groups excluding carboxylic acids is 2. The van der Waals surface area contributed by atoms with Crippen LogP contribution in [-0.2, 0) is 9.59 Å². The Morgan fingerprint density at radius 3 is 2.26 bits per heavy atom. The highest BCUT2D eigenvalue weighted by Gasteiger charge is 2.41. The highest BCUT2D eigenvalue weighted by molar-refractivity contribution is 5.89. The molecule has 4 heteroatoms. The predicted molar refractivity (Wildman–Crippen MR) is 74.6 cm³/mol. The van der Waals surface area contributed by atoms with E-state index in [4.69, 9.17) is 0 Å². The van der Waals surface area contributed by atoms with Gasteiger partial charge in [0, 0.05) is 31.6 Å². The molecule has 0 aromatic carbocycles. The highest BCUT2D eigenvalue weighted by Crippen LogP contribution is 2.28. The van der Waals surface area contributed by atoms with Crippen LogP contribution in [-0.4, -0.2) is 46.8 Å². The molecule has 108 valence electrons. The van der Waals surface area contributed by atoms with Crippen LogP contribution in [0.15, 0.2) is 0 Å². The molecule has 0 radical (unpaired) electrons. The number of hydrogen-bond donors (Lipinski definition) is 0. The molecule has 4 nitrogen and oxygen atoms in total. The van der Waals surface area contributed by atoms with Crippen molar-refractivity contribution in [3.05, 3.63) is 0 Å². The summed E-state index contributed by atoms with van der Waals surface area (Å²) in [4.78, 5) is 28.3. The summed E-state index contributed by atoms with van der Waals surface area (Å²) in [5.41, 5.74) is -0.178. The fraction of sp³-hybridized carbons (Fsp3) is 0.867. The molecule has 0 aromatic heterocycles. The summed E-state index contributed by atoms with van der Waals surface area (Å²) in [6, 6.07) is 0. The van der Waals surface area contributed by atoms with Crippen LogP contribution in [0.5, 0.6) is 0 Å². The normalized spacial score (nSPS) is 26.1. The van der Waals surface area contributed by atoms with E-state index >= 15 is 0 Å². The van der Waals surface area contributed by atoms with Gasteiger partial charge in [-0.15, -0.1) is 0 Å². The van der Waals surface area contributed by atoms with E-state index in [0.29, 0.717) is 13.0 Å². The molecule has 2 rings (SSSR count). The fourth-order valence-corrected chi connectivity index (χ4v) is 3.01. The minimum atomic E-state index is -0.178. The minimum Gasteiger partial charge on any atom is -0.342 e. The Morgan fingerprint density at radius 1 is 1.21 bits per heavy atom. The largest absolute Gasteiger partial charge is 0.342 e. The fourth-order valence-electron chi connectivity index (χ4n) is 3.01. The van der Waals surface area contributed by atoms with Crippen LogP contribution >= 0.6 is 0 Å². The lowest BCUT2D eigenvalue weighted by Crippen LogP contribution is -2.45. The van der Waals surface area contributed by atoms with Crippen molar-refractivity contribution < 1.29 is 9.59 Å². The first-order chi connectivity index (χ1) is 8.79. The number of likely N-dealkylation sites (tertiary alicyclic amines) is 2. The zero-order valence-corrected chi connectivity index (χ0v) is 12.6. The maximum Gasteiger partial charge on any atom is 0.227 e. The number of rotatable bonds is 1. The maximum atomic E-state index is 12.5. The van der Waals surface area contributed by atoms with E-state index in [1.165, 1.54) is 0 Å². The van der Waals surface area contributed by atoms with Crippen molar-refractivity contribution >= 4 is 11.8 Å². The molecule has 2 fully saturated rings. The highest BCUT2D eigenvalue weighted by atomic mass is 16.2. The molecular formula is C15H26N2O2. The van der Waals surface area contributed by atoms with E-state index < -0.39 is 0 Å². The van der Waals surface area contributed by atoms with Crippen molar-refractivity contribution in [3.8, 4) is 0 Å². The molecule has 1 atom stereocenters. The van der Waals surface area contributed by atoms with Crippen molar-refractivity contribution in [2.45, 2.75) is 52.5 Å². The molecule has 0 aromatic rings. The van der Waals surface area contributed by atoms with Crippen molar-refractivity contribution in [1.29, 1.82) is 0 Å². The van der Waals surface area contributed by atoms with Gasteiger partial charge in [0.1, 0.15) is 0 Å². The van der Waals surface area contributed by atoms with Gasteiger partial charge in [0.15, 0.2) is 0 Å². The lowest BCUT2D eigenvalue weighted by molar-refractivity contribution is -0.137. The SMILES string of the molecule is CC1CCN(C(=O)[C@@H]2CC(=O)N(C(C)(C)C)C2)CC1. The monoisotopic (exact) mass is 266 g/mol. The third kappa shape index (κ3) is 3.10. The molecule has 0 saturated carbocycles.